The molecule has 0 bridgehead atoms. The van der Waals surface area contributed by atoms with Gasteiger partial charge in [-0.05, 0) is 83.4 Å². The predicted octanol–water partition coefficient (Wildman–Crippen LogP) is 4.13. The lowest BCUT2D eigenvalue weighted by Crippen LogP contribution is -2.45. The Balaban J connectivity index is 1.44. The van der Waals surface area contributed by atoms with Gasteiger partial charge in [0.15, 0.2) is 6.10 Å². The van der Waals surface area contributed by atoms with Crippen LogP contribution in [0.5, 0.6) is 0 Å². The number of epoxide rings is 1. The summed E-state index contributed by atoms with van der Waals surface area (Å²) in [7, 11) is 0. The second-order valence-corrected chi connectivity index (χ2v) is 15.6. The van der Waals surface area contributed by atoms with Crippen molar-refractivity contribution >= 4 is 12.1 Å². The third-order valence-corrected chi connectivity index (χ3v) is 10.7. The largest absolute Gasteiger partial charge is 0.457 e. The number of cyclic esters (lactones) is 1. The maximum Gasteiger partial charge on any atom is 0.410 e. The number of aliphatic hydroxyl groups is 4. The van der Waals surface area contributed by atoms with Crippen molar-refractivity contribution in [2.45, 2.75) is 141 Å². The third-order valence-electron chi connectivity index (χ3n) is 10.7. The maximum atomic E-state index is 13.4. The Bertz CT molecular complexity index is 1200. The molecule has 0 aromatic heterocycles. The number of carbonyl (C=O) groups is 2. The highest BCUT2D eigenvalue weighted by atomic mass is 16.6. The van der Waals surface area contributed by atoms with Crippen LogP contribution in [-0.4, -0.2) is 123 Å². The summed E-state index contributed by atoms with van der Waals surface area (Å²) in [5.74, 6) is -0.152. The van der Waals surface area contributed by atoms with Crippen molar-refractivity contribution in [3.8, 4) is 0 Å². The van der Waals surface area contributed by atoms with Crippen molar-refractivity contribution in [3.63, 3.8) is 0 Å². The van der Waals surface area contributed by atoms with E-state index < -0.39 is 47.7 Å². The summed E-state index contributed by atoms with van der Waals surface area (Å²) in [6.45, 7) is 14.9. The summed E-state index contributed by atoms with van der Waals surface area (Å²) in [6.07, 6.45) is 9.29. The molecule has 3 aliphatic heterocycles. The molecule has 4 rings (SSSR count). The van der Waals surface area contributed by atoms with Gasteiger partial charge in [0.2, 0.25) is 0 Å². The summed E-state index contributed by atoms with van der Waals surface area (Å²) in [5.41, 5.74) is -1.92. The third kappa shape index (κ3) is 12.2. The van der Waals surface area contributed by atoms with Crippen LogP contribution in [0, 0.1) is 17.8 Å². The molecule has 4 aliphatic rings. The second-order valence-electron chi connectivity index (χ2n) is 15.6. The van der Waals surface area contributed by atoms with E-state index in [2.05, 4.69) is 4.90 Å². The van der Waals surface area contributed by atoms with Crippen molar-refractivity contribution in [2.24, 2.45) is 17.8 Å². The molecule has 1 aliphatic carbocycles. The van der Waals surface area contributed by atoms with Gasteiger partial charge >= 0.3 is 12.1 Å². The molecule has 49 heavy (non-hydrogen) atoms. The van der Waals surface area contributed by atoms with Gasteiger partial charge in [-0.1, -0.05) is 45.1 Å². The minimum Gasteiger partial charge on any atom is -0.457 e. The first-order valence-electron chi connectivity index (χ1n) is 18.5. The van der Waals surface area contributed by atoms with Gasteiger partial charge in [-0.3, -0.25) is 4.79 Å². The van der Waals surface area contributed by atoms with Crippen LogP contribution in [0.1, 0.15) is 92.9 Å². The Morgan fingerprint density at radius 2 is 1.94 bits per heavy atom. The van der Waals surface area contributed by atoms with Crippen molar-refractivity contribution < 1.29 is 44.2 Å². The van der Waals surface area contributed by atoms with Crippen molar-refractivity contribution in [2.75, 3.05) is 32.7 Å². The summed E-state index contributed by atoms with van der Waals surface area (Å²) < 4.78 is 17.6. The first-order valence-corrected chi connectivity index (χ1v) is 18.5. The van der Waals surface area contributed by atoms with E-state index in [0.29, 0.717) is 31.5 Å². The second kappa shape index (κ2) is 17.3. The first-order chi connectivity index (χ1) is 23.1. The van der Waals surface area contributed by atoms with Gasteiger partial charge in [-0.15, -0.1) is 0 Å². The first kappa shape index (κ1) is 39.5. The van der Waals surface area contributed by atoms with E-state index in [1.807, 2.05) is 27.7 Å². The van der Waals surface area contributed by atoms with Crippen LogP contribution in [0.4, 0.5) is 4.79 Å². The maximum absolute atomic E-state index is 13.4. The molecule has 3 heterocycles. The van der Waals surface area contributed by atoms with Gasteiger partial charge in [0.1, 0.15) is 11.7 Å². The normalized spacial score (nSPS) is 35.7. The van der Waals surface area contributed by atoms with Crippen LogP contribution >= 0.6 is 0 Å². The smallest absolute Gasteiger partial charge is 0.410 e. The zero-order valence-corrected chi connectivity index (χ0v) is 30.5. The number of hydrogen-bond acceptors (Lipinski definition) is 10. The number of allylic oxidation sites excluding steroid dienone is 2. The van der Waals surface area contributed by atoms with Gasteiger partial charge in [-0.2, -0.15) is 0 Å². The van der Waals surface area contributed by atoms with E-state index >= 15 is 0 Å². The Morgan fingerprint density at radius 3 is 2.63 bits per heavy atom. The zero-order chi connectivity index (χ0) is 35.9. The zero-order valence-electron chi connectivity index (χ0n) is 30.5. The minimum atomic E-state index is -1.48. The molecule has 0 spiro atoms. The number of hydrogen-bond donors (Lipinski definition) is 4. The summed E-state index contributed by atoms with van der Waals surface area (Å²) in [6, 6.07) is 0. The van der Waals surface area contributed by atoms with Gasteiger partial charge < -0.3 is 44.4 Å². The number of amides is 1. The molecular weight excluding hydrogens is 628 g/mol. The average molecular weight is 691 g/mol. The van der Waals surface area contributed by atoms with Gasteiger partial charge in [0.05, 0.1) is 36.4 Å². The lowest BCUT2D eigenvalue weighted by molar-refractivity contribution is -0.151. The Hall–Kier alpha value is -2.28. The van der Waals surface area contributed by atoms with E-state index in [-0.39, 0.29) is 43.3 Å². The Morgan fingerprint density at radius 1 is 1.20 bits per heavy atom. The fourth-order valence-electron chi connectivity index (χ4n) is 6.99. The Labute approximate surface area is 293 Å². The van der Waals surface area contributed by atoms with Crippen LogP contribution in [-0.2, 0) is 19.0 Å². The lowest BCUT2D eigenvalue weighted by Gasteiger charge is -2.34. The standard InChI is InChI=1S/C38H62N2O9/c1-7-30(42)27(4)35-31(47-35)23-37(5,45)16-8-10-25(2)34-26(3)11-14-32(38(6,46)17-15-29(41)22-33(43)49-34)48-36(44)40-19-9-18-39(20-21-40)24-28-12-13-28/h8,10-11,14,16,26-32,34-35,41-42,45-46H,7,9,12-13,15,17-24H2,1-6H3/b14-11+,16-8+,25-10+. The molecule has 3 fully saturated rings. The highest BCUT2D eigenvalue weighted by molar-refractivity contribution is 5.70. The molecule has 1 saturated carbocycles. The van der Waals surface area contributed by atoms with E-state index in [0.717, 1.165) is 32.0 Å². The molecule has 2 saturated heterocycles. The number of nitrogens with zero attached hydrogens (tertiary/aromatic N) is 2. The van der Waals surface area contributed by atoms with Gasteiger partial charge in [0.25, 0.3) is 0 Å². The Kier molecular flexibility index (Phi) is 13.9. The van der Waals surface area contributed by atoms with Crippen LogP contribution in [0.3, 0.4) is 0 Å². The fraction of sp³-hybridized carbons (Fsp3) is 0.789. The van der Waals surface area contributed by atoms with E-state index in [4.69, 9.17) is 14.2 Å². The van der Waals surface area contributed by atoms with Crippen molar-refractivity contribution in [1.82, 2.24) is 9.80 Å². The quantitative estimate of drug-likeness (QED) is 0.108. The van der Waals surface area contributed by atoms with Gasteiger partial charge in [-0.25, -0.2) is 4.79 Å². The lowest BCUT2D eigenvalue weighted by atomic mass is 9.88. The molecule has 0 radical (unpaired) electrons. The van der Waals surface area contributed by atoms with Crippen LogP contribution in [0.15, 0.2) is 36.0 Å². The molecule has 0 aromatic rings. The number of carbonyl (C=O) groups excluding carboxylic acids is 2. The molecular formula is C38H62N2O9. The molecule has 10 atom stereocenters. The molecule has 10 unspecified atom stereocenters. The molecule has 11 nitrogen and oxygen atoms in total. The van der Waals surface area contributed by atoms with Crippen molar-refractivity contribution in [1.29, 1.82) is 0 Å². The number of aliphatic hydroxyl groups excluding tert-OH is 2. The van der Waals surface area contributed by atoms with Crippen molar-refractivity contribution in [3.05, 3.63) is 36.0 Å². The summed E-state index contributed by atoms with van der Waals surface area (Å²) in [4.78, 5) is 30.4. The van der Waals surface area contributed by atoms with E-state index in [1.54, 1.807) is 49.1 Å². The van der Waals surface area contributed by atoms with Crippen LogP contribution in [0.2, 0.25) is 0 Å². The average Bonchev–Trinajstić information content (AvgIpc) is 3.97. The minimum absolute atomic E-state index is 0.00976. The van der Waals surface area contributed by atoms with E-state index in [1.165, 1.54) is 12.8 Å². The fourth-order valence-corrected chi connectivity index (χ4v) is 6.99. The molecule has 278 valence electrons. The summed E-state index contributed by atoms with van der Waals surface area (Å²) in [5, 5.41) is 43.4. The van der Waals surface area contributed by atoms with Gasteiger partial charge in [0, 0.05) is 44.4 Å². The number of esters is 1. The molecule has 4 N–H and O–H groups in total. The predicted molar refractivity (Wildman–Crippen MR) is 187 cm³/mol. The van der Waals surface area contributed by atoms with Crippen LogP contribution < -0.4 is 0 Å². The number of rotatable bonds is 11. The molecule has 11 heteroatoms. The topological polar surface area (TPSA) is 153 Å². The van der Waals surface area contributed by atoms with E-state index in [9.17, 15) is 30.0 Å². The SMILES string of the molecule is CCC(O)C(C)C1OC1CC(C)(O)/C=C/C=C(\C)C1OC(=O)CC(O)CCC(C)(O)C(OC(=O)N2CCCN(CC3CC3)CC2)/C=C/C1C. The highest BCUT2D eigenvalue weighted by Gasteiger charge is 2.47. The number of ether oxygens (including phenoxy) is 3. The summed E-state index contributed by atoms with van der Waals surface area (Å²) >= 11 is 0. The monoisotopic (exact) mass is 690 g/mol. The highest BCUT2D eigenvalue weighted by Crippen LogP contribution is 2.38. The molecule has 0 aromatic carbocycles. The molecule has 1 amide bonds. The van der Waals surface area contributed by atoms with Crippen LogP contribution in [0.25, 0.3) is 0 Å².